The predicted octanol–water partition coefficient (Wildman–Crippen LogP) is 3.07. The third-order valence-electron chi connectivity index (χ3n) is 5.34. The number of hydrogen-bond acceptors (Lipinski definition) is 6. The lowest BCUT2D eigenvalue weighted by atomic mass is 9.98. The zero-order valence-electron chi connectivity index (χ0n) is 14.4. The average molecular weight is 372 g/mol. The number of fused-ring (bicyclic) bond motifs is 2. The van der Waals surface area contributed by atoms with E-state index in [4.69, 9.17) is 0 Å². The van der Waals surface area contributed by atoms with E-state index in [1.54, 1.807) is 17.5 Å². The van der Waals surface area contributed by atoms with E-state index in [1.807, 2.05) is 11.9 Å². The van der Waals surface area contributed by atoms with Crippen LogP contribution in [0.15, 0.2) is 29.6 Å². The summed E-state index contributed by atoms with van der Waals surface area (Å²) in [6, 6.07) is 7.62. The van der Waals surface area contributed by atoms with Crippen LogP contribution in [0.1, 0.15) is 36.2 Å². The van der Waals surface area contributed by atoms with Gasteiger partial charge in [0.05, 0.1) is 4.92 Å². The van der Waals surface area contributed by atoms with Crippen LogP contribution < -0.4 is 5.32 Å². The summed E-state index contributed by atoms with van der Waals surface area (Å²) < 4.78 is 0. The van der Waals surface area contributed by atoms with Crippen molar-refractivity contribution in [2.75, 3.05) is 7.05 Å². The average Bonchev–Trinajstić information content (AvgIpc) is 3.27. The van der Waals surface area contributed by atoms with Gasteiger partial charge in [-0.3, -0.25) is 14.9 Å². The number of piperidine rings is 1. The molecule has 1 amide bonds. The van der Waals surface area contributed by atoms with Gasteiger partial charge in [-0.05, 0) is 25.7 Å². The number of nitro groups is 1. The molecule has 2 unspecified atom stereocenters. The molecule has 0 radical (unpaired) electrons. The molecule has 7 nitrogen and oxygen atoms in total. The molecule has 2 fully saturated rings. The predicted molar refractivity (Wildman–Crippen MR) is 99.3 cm³/mol. The summed E-state index contributed by atoms with van der Waals surface area (Å²) in [7, 11) is 1.85. The van der Waals surface area contributed by atoms with Crippen LogP contribution in [0, 0.1) is 10.1 Å². The summed E-state index contributed by atoms with van der Waals surface area (Å²) in [4.78, 5) is 29.6. The molecule has 2 saturated heterocycles. The molecule has 1 aromatic heterocycles. The molecule has 4 rings (SSSR count). The van der Waals surface area contributed by atoms with Gasteiger partial charge in [0, 0.05) is 48.2 Å². The van der Waals surface area contributed by atoms with Crippen LogP contribution in [-0.4, -0.2) is 45.9 Å². The van der Waals surface area contributed by atoms with Gasteiger partial charge < -0.3 is 10.2 Å². The van der Waals surface area contributed by atoms with Crippen LogP contribution in [0.3, 0.4) is 0 Å². The van der Waals surface area contributed by atoms with E-state index >= 15 is 0 Å². The summed E-state index contributed by atoms with van der Waals surface area (Å²) in [5, 5.41) is 16.9. The molecule has 2 aliphatic rings. The molecular formula is C18H20N4O3S. The highest BCUT2D eigenvalue weighted by Gasteiger charge is 2.36. The minimum absolute atomic E-state index is 0.0212. The Morgan fingerprint density at radius 1 is 1.35 bits per heavy atom. The van der Waals surface area contributed by atoms with Crippen molar-refractivity contribution in [3.05, 3.63) is 45.5 Å². The van der Waals surface area contributed by atoms with Crippen molar-refractivity contribution in [1.82, 2.24) is 15.2 Å². The van der Waals surface area contributed by atoms with Gasteiger partial charge in [0.1, 0.15) is 10.7 Å². The smallest absolute Gasteiger partial charge is 0.273 e. The van der Waals surface area contributed by atoms with E-state index in [2.05, 4.69) is 10.3 Å². The number of hydrogen-bond donors (Lipinski definition) is 1. The molecule has 26 heavy (non-hydrogen) atoms. The first-order valence-electron chi connectivity index (χ1n) is 8.75. The third-order valence-corrected chi connectivity index (χ3v) is 6.23. The van der Waals surface area contributed by atoms with Crippen molar-refractivity contribution in [2.24, 2.45) is 0 Å². The van der Waals surface area contributed by atoms with Gasteiger partial charge >= 0.3 is 0 Å². The van der Waals surface area contributed by atoms with Crippen LogP contribution >= 0.6 is 11.3 Å². The van der Waals surface area contributed by atoms with E-state index in [0.29, 0.717) is 28.3 Å². The molecule has 136 valence electrons. The molecule has 2 bridgehead atoms. The number of carbonyl (C=O) groups is 1. The van der Waals surface area contributed by atoms with E-state index < -0.39 is 4.92 Å². The van der Waals surface area contributed by atoms with Gasteiger partial charge in [-0.25, -0.2) is 4.98 Å². The van der Waals surface area contributed by atoms with Gasteiger partial charge in [-0.1, -0.05) is 12.1 Å². The Morgan fingerprint density at radius 2 is 2.08 bits per heavy atom. The second-order valence-corrected chi connectivity index (χ2v) is 7.88. The molecule has 3 heterocycles. The maximum atomic E-state index is 12.8. The molecule has 2 aliphatic heterocycles. The van der Waals surface area contributed by atoms with Crippen LogP contribution in [0.2, 0.25) is 0 Å². The van der Waals surface area contributed by atoms with Crippen LogP contribution in [0.4, 0.5) is 5.69 Å². The minimum Gasteiger partial charge on any atom is -0.337 e. The fourth-order valence-corrected chi connectivity index (χ4v) is 4.74. The second-order valence-electron chi connectivity index (χ2n) is 7.02. The Hall–Kier alpha value is -2.32. The first-order chi connectivity index (χ1) is 12.5. The highest BCUT2D eigenvalue weighted by atomic mass is 32.1. The van der Waals surface area contributed by atoms with Gasteiger partial charge in [0.15, 0.2) is 0 Å². The lowest BCUT2D eigenvalue weighted by Crippen LogP contribution is -2.48. The fraction of sp³-hybridized carbons (Fsp3) is 0.444. The quantitative estimate of drug-likeness (QED) is 0.658. The number of nitrogens with one attached hydrogen (secondary N) is 1. The van der Waals surface area contributed by atoms with Crippen LogP contribution in [0.25, 0.3) is 10.6 Å². The number of aromatic nitrogens is 1. The lowest BCUT2D eigenvalue weighted by Gasteiger charge is -2.35. The standard InChI is InChI=1S/C18H20N4O3S/c1-21(15-8-12-5-6-13(9-15)19-12)18(23)16-10-26-17(20-16)11-3-2-4-14(7-11)22(24)25/h2-4,7,10,12-13,15,19H,5-6,8-9H2,1H3. The van der Waals surface area contributed by atoms with Gasteiger partial charge in [0.25, 0.3) is 11.6 Å². The second kappa shape index (κ2) is 6.77. The monoisotopic (exact) mass is 372 g/mol. The summed E-state index contributed by atoms with van der Waals surface area (Å²) in [5.41, 5.74) is 1.09. The molecule has 1 N–H and O–H groups in total. The van der Waals surface area contributed by atoms with Crippen molar-refractivity contribution in [3.8, 4) is 10.6 Å². The maximum absolute atomic E-state index is 12.8. The molecule has 1 aromatic carbocycles. The largest absolute Gasteiger partial charge is 0.337 e. The topological polar surface area (TPSA) is 88.4 Å². The number of non-ortho nitro benzene ring substituents is 1. The molecular weight excluding hydrogens is 352 g/mol. The number of rotatable bonds is 4. The van der Waals surface area contributed by atoms with E-state index in [9.17, 15) is 14.9 Å². The lowest BCUT2D eigenvalue weighted by molar-refractivity contribution is -0.384. The molecule has 0 aliphatic carbocycles. The Balaban J connectivity index is 1.51. The minimum atomic E-state index is -0.428. The van der Waals surface area contributed by atoms with Gasteiger partial charge in [-0.15, -0.1) is 11.3 Å². The van der Waals surface area contributed by atoms with Crippen LogP contribution in [-0.2, 0) is 0 Å². The van der Waals surface area contributed by atoms with Crippen molar-refractivity contribution in [2.45, 2.75) is 43.8 Å². The number of carbonyl (C=O) groups excluding carboxylic acids is 1. The van der Waals surface area contributed by atoms with Crippen molar-refractivity contribution in [3.63, 3.8) is 0 Å². The number of nitrogens with zero attached hydrogens (tertiary/aromatic N) is 3. The van der Waals surface area contributed by atoms with Gasteiger partial charge in [-0.2, -0.15) is 0 Å². The zero-order valence-corrected chi connectivity index (χ0v) is 15.2. The SMILES string of the molecule is CN(C(=O)c1csc(-c2cccc([N+](=O)[O-])c2)n1)C1CC2CCC(C1)N2. The summed E-state index contributed by atoms with van der Waals surface area (Å²) in [5.74, 6) is -0.0794. The summed E-state index contributed by atoms with van der Waals surface area (Å²) in [6.07, 6.45) is 4.36. The Bertz CT molecular complexity index is 840. The Kier molecular flexibility index (Phi) is 4.46. The molecule has 0 saturated carbocycles. The molecule has 2 aromatic rings. The van der Waals surface area contributed by atoms with E-state index in [-0.39, 0.29) is 17.6 Å². The first-order valence-corrected chi connectivity index (χ1v) is 9.63. The third kappa shape index (κ3) is 3.22. The number of nitro benzene ring substituents is 1. The van der Waals surface area contributed by atoms with Crippen molar-refractivity contribution in [1.29, 1.82) is 0 Å². The summed E-state index contributed by atoms with van der Waals surface area (Å²) >= 11 is 1.34. The van der Waals surface area contributed by atoms with Gasteiger partial charge in [0.2, 0.25) is 0 Å². The maximum Gasteiger partial charge on any atom is 0.273 e. The normalized spacial score (nSPS) is 24.4. The Morgan fingerprint density at radius 3 is 2.77 bits per heavy atom. The van der Waals surface area contributed by atoms with Crippen molar-refractivity contribution >= 4 is 22.9 Å². The molecule has 0 spiro atoms. The fourth-order valence-electron chi connectivity index (χ4n) is 3.95. The number of thiazole rings is 1. The number of amides is 1. The van der Waals surface area contributed by atoms with Crippen molar-refractivity contribution < 1.29 is 9.72 Å². The van der Waals surface area contributed by atoms with E-state index in [0.717, 1.165) is 12.8 Å². The first kappa shape index (κ1) is 17.1. The molecule has 8 heteroatoms. The highest BCUT2D eigenvalue weighted by molar-refractivity contribution is 7.13. The molecule has 2 atom stereocenters. The van der Waals surface area contributed by atoms with E-state index in [1.165, 1.54) is 36.3 Å². The number of benzene rings is 1. The van der Waals surface area contributed by atoms with Crippen LogP contribution in [0.5, 0.6) is 0 Å². The highest BCUT2D eigenvalue weighted by Crippen LogP contribution is 2.31. The Labute approximate surface area is 155 Å². The zero-order chi connectivity index (χ0) is 18.3. The summed E-state index contributed by atoms with van der Waals surface area (Å²) in [6.45, 7) is 0.